The zero-order valence-electron chi connectivity index (χ0n) is 10.2. The van der Waals surface area contributed by atoms with Gasteiger partial charge < -0.3 is 15.7 Å². The van der Waals surface area contributed by atoms with E-state index in [0.29, 0.717) is 19.5 Å². The summed E-state index contributed by atoms with van der Waals surface area (Å²) in [6.45, 7) is -0.116. The zero-order chi connectivity index (χ0) is 13.8. The largest absolute Gasteiger partial charge is 0.405 e. The molecule has 1 rings (SSSR count). The summed E-state index contributed by atoms with van der Waals surface area (Å²) in [6, 6.07) is 0. The molecule has 5 nitrogen and oxygen atoms in total. The van der Waals surface area contributed by atoms with Crippen LogP contribution in [0.2, 0.25) is 0 Å². The fourth-order valence-electron chi connectivity index (χ4n) is 1.92. The number of hydrogen-bond donors (Lipinski definition) is 3. The van der Waals surface area contributed by atoms with E-state index in [4.69, 9.17) is 0 Å². The molecule has 0 aliphatic carbocycles. The predicted molar refractivity (Wildman–Crippen MR) is 59.0 cm³/mol. The Morgan fingerprint density at radius 1 is 1.56 bits per heavy atom. The minimum absolute atomic E-state index is 0.168. The number of nitrogens with one attached hydrogen (secondary N) is 2. The average molecular weight is 269 g/mol. The van der Waals surface area contributed by atoms with Crippen molar-refractivity contribution in [2.75, 3.05) is 39.8 Å². The average Bonchev–Trinajstić information content (AvgIpc) is 2.60. The zero-order valence-corrected chi connectivity index (χ0v) is 10.2. The molecule has 0 aromatic rings. The topological polar surface area (TPSA) is 64.6 Å². The molecule has 1 unspecified atom stereocenters. The van der Waals surface area contributed by atoms with Crippen LogP contribution in [-0.2, 0) is 4.79 Å². The van der Waals surface area contributed by atoms with Crippen molar-refractivity contribution in [1.29, 1.82) is 0 Å². The summed E-state index contributed by atoms with van der Waals surface area (Å²) in [5.41, 5.74) is -0.904. The quantitative estimate of drug-likeness (QED) is 0.619. The molecule has 1 fully saturated rings. The SMILES string of the molecule is CN(CC(=O)NCC(F)(F)F)CC1(O)CCNC1. The van der Waals surface area contributed by atoms with Gasteiger partial charge in [-0.3, -0.25) is 9.69 Å². The highest BCUT2D eigenvalue weighted by Gasteiger charge is 2.33. The number of β-amino-alcohol motifs (C(OH)–C–C–N with tert-alkyl or cyclic N) is 1. The lowest BCUT2D eigenvalue weighted by Gasteiger charge is -2.27. The minimum Gasteiger partial charge on any atom is -0.387 e. The Bertz CT molecular complexity index is 291. The van der Waals surface area contributed by atoms with E-state index in [1.54, 1.807) is 12.4 Å². The highest BCUT2D eigenvalue weighted by atomic mass is 19.4. The Hall–Kier alpha value is -0.860. The lowest BCUT2D eigenvalue weighted by Crippen LogP contribution is -2.47. The van der Waals surface area contributed by atoms with E-state index in [1.165, 1.54) is 4.90 Å². The van der Waals surface area contributed by atoms with Crippen molar-refractivity contribution < 1.29 is 23.1 Å². The summed E-state index contributed by atoms with van der Waals surface area (Å²) in [4.78, 5) is 12.7. The summed E-state index contributed by atoms with van der Waals surface area (Å²) < 4.78 is 35.6. The normalized spacial score (nSPS) is 24.6. The predicted octanol–water partition coefficient (Wildman–Crippen LogP) is -0.679. The first-order valence-electron chi connectivity index (χ1n) is 5.65. The second kappa shape index (κ2) is 5.85. The van der Waals surface area contributed by atoms with Crippen LogP contribution in [0.4, 0.5) is 13.2 Å². The van der Waals surface area contributed by atoms with Crippen LogP contribution in [0.15, 0.2) is 0 Å². The molecule has 1 heterocycles. The third kappa shape index (κ3) is 5.65. The maximum atomic E-state index is 11.9. The number of likely N-dealkylation sites (N-methyl/N-ethyl adjacent to an activating group) is 1. The molecule has 0 saturated carbocycles. The van der Waals surface area contributed by atoms with E-state index in [1.807, 2.05) is 0 Å². The Morgan fingerprint density at radius 2 is 2.22 bits per heavy atom. The molecule has 3 N–H and O–H groups in total. The van der Waals surface area contributed by atoms with E-state index in [0.717, 1.165) is 0 Å². The second-order valence-electron chi connectivity index (χ2n) is 4.72. The Kier molecular flexibility index (Phi) is 4.94. The van der Waals surface area contributed by atoms with Crippen molar-refractivity contribution in [2.45, 2.75) is 18.2 Å². The number of amides is 1. The van der Waals surface area contributed by atoms with E-state index < -0.39 is 24.2 Å². The molecule has 0 spiro atoms. The van der Waals surface area contributed by atoms with Gasteiger partial charge >= 0.3 is 6.18 Å². The molecule has 1 saturated heterocycles. The van der Waals surface area contributed by atoms with Gasteiger partial charge in [-0.25, -0.2) is 0 Å². The number of rotatable bonds is 5. The third-order valence-corrected chi connectivity index (χ3v) is 2.68. The van der Waals surface area contributed by atoms with Crippen molar-refractivity contribution in [3.05, 3.63) is 0 Å². The molecule has 0 radical (unpaired) electrons. The molecular weight excluding hydrogens is 251 g/mol. The first-order chi connectivity index (χ1) is 8.20. The minimum atomic E-state index is -4.40. The van der Waals surface area contributed by atoms with Crippen LogP contribution in [0.25, 0.3) is 0 Å². The second-order valence-corrected chi connectivity index (χ2v) is 4.72. The van der Waals surface area contributed by atoms with E-state index in [9.17, 15) is 23.1 Å². The summed E-state index contributed by atoms with van der Waals surface area (Å²) in [6.07, 6.45) is -3.83. The van der Waals surface area contributed by atoms with Crippen LogP contribution in [0.5, 0.6) is 0 Å². The number of alkyl halides is 3. The lowest BCUT2D eigenvalue weighted by atomic mass is 10.0. The van der Waals surface area contributed by atoms with Gasteiger partial charge in [-0.05, 0) is 20.0 Å². The van der Waals surface area contributed by atoms with Gasteiger partial charge in [0.2, 0.25) is 5.91 Å². The van der Waals surface area contributed by atoms with Crippen LogP contribution < -0.4 is 10.6 Å². The van der Waals surface area contributed by atoms with Crippen molar-refractivity contribution in [3.8, 4) is 0 Å². The Labute approximate surface area is 103 Å². The van der Waals surface area contributed by atoms with Gasteiger partial charge in [-0.1, -0.05) is 0 Å². The van der Waals surface area contributed by atoms with Gasteiger partial charge in [-0.15, -0.1) is 0 Å². The summed E-state index contributed by atoms with van der Waals surface area (Å²) >= 11 is 0. The van der Waals surface area contributed by atoms with Crippen LogP contribution in [0, 0.1) is 0 Å². The smallest absolute Gasteiger partial charge is 0.387 e. The van der Waals surface area contributed by atoms with Crippen molar-refractivity contribution >= 4 is 5.91 Å². The Balaban J connectivity index is 2.27. The van der Waals surface area contributed by atoms with Crippen molar-refractivity contribution in [1.82, 2.24) is 15.5 Å². The molecular formula is C10H18F3N3O2. The summed E-state index contributed by atoms with van der Waals surface area (Å²) in [5.74, 6) is -0.704. The molecule has 1 atom stereocenters. The Morgan fingerprint density at radius 3 is 2.72 bits per heavy atom. The molecule has 0 aromatic carbocycles. The molecule has 0 bridgehead atoms. The van der Waals surface area contributed by atoms with Crippen LogP contribution in [0.3, 0.4) is 0 Å². The lowest BCUT2D eigenvalue weighted by molar-refractivity contribution is -0.139. The molecule has 8 heteroatoms. The highest BCUT2D eigenvalue weighted by Crippen LogP contribution is 2.15. The number of nitrogens with zero attached hydrogens (tertiary/aromatic N) is 1. The molecule has 0 aromatic heterocycles. The molecule has 1 aliphatic rings. The number of aliphatic hydroxyl groups is 1. The van der Waals surface area contributed by atoms with Crippen LogP contribution >= 0.6 is 0 Å². The van der Waals surface area contributed by atoms with Gasteiger partial charge in [0, 0.05) is 13.1 Å². The van der Waals surface area contributed by atoms with Gasteiger partial charge in [0.25, 0.3) is 0 Å². The van der Waals surface area contributed by atoms with Gasteiger partial charge in [0.1, 0.15) is 6.54 Å². The molecule has 18 heavy (non-hydrogen) atoms. The van der Waals surface area contributed by atoms with Crippen molar-refractivity contribution in [2.24, 2.45) is 0 Å². The van der Waals surface area contributed by atoms with Crippen LogP contribution in [0.1, 0.15) is 6.42 Å². The maximum Gasteiger partial charge on any atom is 0.405 e. The van der Waals surface area contributed by atoms with Gasteiger partial charge in [0.05, 0.1) is 12.1 Å². The molecule has 1 amide bonds. The van der Waals surface area contributed by atoms with E-state index in [2.05, 4.69) is 5.32 Å². The van der Waals surface area contributed by atoms with Gasteiger partial charge in [-0.2, -0.15) is 13.2 Å². The monoisotopic (exact) mass is 269 g/mol. The number of carbonyl (C=O) groups excluding carboxylic acids is 1. The molecule has 1 aliphatic heterocycles. The van der Waals surface area contributed by atoms with Gasteiger partial charge in [0.15, 0.2) is 0 Å². The summed E-state index contributed by atoms with van der Waals surface area (Å²) in [7, 11) is 1.59. The fraction of sp³-hybridized carbons (Fsp3) is 0.900. The maximum absolute atomic E-state index is 11.9. The van der Waals surface area contributed by atoms with Crippen LogP contribution in [-0.4, -0.2) is 67.5 Å². The summed E-state index contributed by atoms with van der Waals surface area (Å²) in [5, 5.41) is 14.8. The number of hydrogen-bond acceptors (Lipinski definition) is 4. The van der Waals surface area contributed by atoms with E-state index >= 15 is 0 Å². The van der Waals surface area contributed by atoms with Crippen molar-refractivity contribution in [3.63, 3.8) is 0 Å². The first-order valence-corrected chi connectivity index (χ1v) is 5.65. The number of halogens is 3. The first kappa shape index (κ1) is 15.2. The number of carbonyl (C=O) groups is 1. The highest BCUT2D eigenvalue weighted by molar-refractivity contribution is 5.78. The molecule has 106 valence electrons. The third-order valence-electron chi connectivity index (χ3n) is 2.68. The van der Waals surface area contributed by atoms with E-state index in [-0.39, 0.29) is 13.1 Å². The fourth-order valence-corrected chi connectivity index (χ4v) is 1.92. The standard InChI is InChI=1S/C10H18F3N3O2/c1-16(7-9(18)2-3-14-5-9)4-8(17)15-6-10(11,12)13/h14,18H,2-7H2,1H3,(H,15,17).